The van der Waals surface area contributed by atoms with Crippen LogP contribution in [0.3, 0.4) is 0 Å². The van der Waals surface area contributed by atoms with Crippen LogP contribution < -0.4 is 15.1 Å². The molecular formula is C21H28N6O. The third kappa shape index (κ3) is 4.35. The van der Waals surface area contributed by atoms with Gasteiger partial charge >= 0.3 is 0 Å². The summed E-state index contributed by atoms with van der Waals surface area (Å²) in [7, 11) is 0. The molecule has 0 spiro atoms. The van der Waals surface area contributed by atoms with Crippen LogP contribution in [0.25, 0.3) is 0 Å². The van der Waals surface area contributed by atoms with Crippen LogP contribution >= 0.6 is 0 Å². The molecule has 7 heteroatoms. The van der Waals surface area contributed by atoms with Gasteiger partial charge in [-0.05, 0) is 49.6 Å². The molecule has 2 aliphatic rings. The lowest BCUT2D eigenvalue weighted by molar-refractivity contribution is -0.129. The van der Waals surface area contributed by atoms with E-state index in [0.717, 1.165) is 50.8 Å². The number of rotatable bonds is 4. The molecule has 7 nitrogen and oxygen atoms in total. The quantitative estimate of drug-likeness (QED) is 0.880. The van der Waals surface area contributed by atoms with Crippen molar-refractivity contribution >= 4 is 29.0 Å². The van der Waals surface area contributed by atoms with Crippen LogP contribution in [0.4, 0.5) is 23.1 Å². The van der Waals surface area contributed by atoms with E-state index in [0.29, 0.717) is 5.95 Å². The maximum absolute atomic E-state index is 11.5. The molecule has 1 N–H and O–H groups in total. The smallest absolute Gasteiger partial charge is 0.229 e. The summed E-state index contributed by atoms with van der Waals surface area (Å²) < 4.78 is 0. The van der Waals surface area contributed by atoms with Crippen molar-refractivity contribution in [2.75, 3.05) is 54.4 Å². The number of amides is 1. The lowest BCUT2D eigenvalue weighted by atomic mass is 10.1. The largest absolute Gasteiger partial charge is 0.372 e. The van der Waals surface area contributed by atoms with E-state index < -0.39 is 0 Å². The average Bonchev–Trinajstić information content (AvgIpc) is 2.75. The fourth-order valence-electron chi connectivity index (χ4n) is 3.87. The van der Waals surface area contributed by atoms with Crippen molar-refractivity contribution in [1.82, 2.24) is 14.9 Å². The minimum absolute atomic E-state index is 0.137. The number of nitrogens with zero attached hydrogens (tertiary/aromatic N) is 5. The molecule has 0 bridgehead atoms. The van der Waals surface area contributed by atoms with Crippen molar-refractivity contribution in [3.8, 4) is 0 Å². The van der Waals surface area contributed by atoms with Crippen molar-refractivity contribution < 1.29 is 4.79 Å². The first kappa shape index (κ1) is 18.5. The van der Waals surface area contributed by atoms with Gasteiger partial charge in [0.05, 0.1) is 0 Å². The molecule has 0 atom stereocenters. The third-order valence-corrected chi connectivity index (χ3v) is 5.53. The van der Waals surface area contributed by atoms with Gasteiger partial charge in [-0.3, -0.25) is 4.79 Å². The van der Waals surface area contributed by atoms with Crippen LogP contribution in [0.5, 0.6) is 0 Å². The van der Waals surface area contributed by atoms with Crippen LogP contribution in [-0.4, -0.2) is 60.0 Å². The van der Waals surface area contributed by atoms with E-state index in [1.54, 1.807) is 13.1 Å². The number of piperidine rings is 1. The van der Waals surface area contributed by atoms with Crippen LogP contribution in [-0.2, 0) is 4.79 Å². The SMILES string of the molecule is CC(=O)N1CCN(c2ccnc(Nc3ccc(N4CCCCC4)cc3)n2)CC1. The second-order valence-electron chi connectivity index (χ2n) is 7.45. The Labute approximate surface area is 166 Å². The zero-order valence-corrected chi connectivity index (χ0v) is 16.5. The van der Waals surface area contributed by atoms with Crippen molar-refractivity contribution in [3.05, 3.63) is 36.5 Å². The highest BCUT2D eigenvalue weighted by molar-refractivity contribution is 5.73. The van der Waals surface area contributed by atoms with Gasteiger partial charge in [0.2, 0.25) is 11.9 Å². The Morgan fingerprint density at radius 2 is 1.61 bits per heavy atom. The lowest BCUT2D eigenvalue weighted by Crippen LogP contribution is -2.48. The van der Waals surface area contributed by atoms with Gasteiger partial charge in [0.25, 0.3) is 0 Å². The molecule has 0 radical (unpaired) electrons. The van der Waals surface area contributed by atoms with E-state index >= 15 is 0 Å². The normalized spacial score (nSPS) is 17.5. The van der Waals surface area contributed by atoms with Crippen molar-refractivity contribution in [2.24, 2.45) is 0 Å². The highest BCUT2D eigenvalue weighted by Gasteiger charge is 2.20. The van der Waals surface area contributed by atoms with Gasteiger partial charge in [-0.2, -0.15) is 4.98 Å². The number of aromatic nitrogens is 2. The summed E-state index contributed by atoms with van der Waals surface area (Å²) in [6, 6.07) is 10.4. The molecule has 1 aromatic heterocycles. The van der Waals surface area contributed by atoms with Crippen molar-refractivity contribution in [3.63, 3.8) is 0 Å². The maximum Gasteiger partial charge on any atom is 0.229 e. The minimum atomic E-state index is 0.137. The summed E-state index contributed by atoms with van der Waals surface area (Å²) in [6.45, 7) is 6.98. The van der Waals surface area contributed by atoms with Gasteiger partial charge in [-0.1, -0.05) is 0 Å². The minimum Gasteiger partial charge on any atom is -0.372 e. The summed E-state index contributed by atoms with van der Waals surface area (Å²) in [5, 5.41) is 3.31. The molecule has 0 saturated carbocycles. The van der Waals surface area contributed by atoms with Gasteiger partial charge in [-0.25, -0.2) is 4.98 Å². The monoisotopic (exact) mass is 380 g/mol. The number of anilines is 4. The zero-order valence-electron chi connectivity index (χ0n) is 16.5. The molecule has 1 aromatic carbocycles. The predicted molar refractivity (Wildman–Crippen MR) is 112 cm³/mol. The number of hydrogen-bond acceptors (Lipinski definition) is 6. The second-order valence-corrected chi connectivity index (χ2v) is 7.45. The first-order chi connectivity index (χ1) is 13.7. The fourth-order valence-corrected chi connectivity index (χ4v) is 3.87. The Bertz CT molecular complexity index is 795. The third-order valence-electron chi connectivity index (χ3n) is 5.53. The van der Waals surface area contributed by atoms with Gasteiger partial charge in [0.1, 0.15) is 5.82 Å². The van der Waals surface area contributed by atoms with Gasteiger partial charge < -0.3 is 20.0 Å². The zero-order chi connectivity index (χ0) is 19.3. The Morgan fingerprint density at radius 3 is 2.29 bits per heavy atom. The topological polar surface area (TPSA) is 64.6 Å². The van der Waals surface area contributed by atoms with Gasteiger partial charge in [-0.15, -0.1) is 0 Å². The molecule has 3 heterocycles. The molecule has 0 unspecified atom stereocenters. The van der Waals surface area contributed by atoms with E-state index in [1.807, 2.05) is 11.0 Å². The standard InChI is InChI=1S/C21H28N6O/c1-17(28)25-13-15-27(16-14-25)20-9-10-22-21(24-20)23-18-5-7-19(8-6-18)26-11-3-2-4-12-26/h5-10H,2-4,11-16H2,1H3,(H,22,23,24). The van der Waals surface area contributed by atoms with E-state index in [-0.39, 0.29) is 5.91 Å². The van der Waals surface area contributed by atoms with Crippen LogP contribution in [0, 0.1) is 0 Å². The van der Waals surface area contributed by atoms with Gasteiger partial charge in [0.15, 0.2) is 0 Å². The Kier molecular flexibility index (Phi) is 5.60. The molecule has 2 aliphatic heterocycles. The fraction of sp³-hybridized carbons (Fsp3) is 0.476. The Balaban J connectivity index is 1.39. The summed E-state index contributed by atoms with van der Waals surface area (Å²) in [4.78, 5) is 27.0. The van der Waals surface area contributed by atoms with E-state index in [2.05, 4.69) is 49.4 Å². The Morgan fingerprint density at radius 1 is 0.893 bits per heavy atom. The lowest BCUT2D eigenvalue weighted by Gasteiger charge is -2.34. The summed E-state index contributed by atoms with van der Waals surface area (Å²) in [5.74, 6) is 1.63. The molecule has 2 fully saturated rings. The summed E-state index contributed by atoms with van der Waals surface area (Å²) >= 11 is 0. The van der Waals surface area contributed by atoms with E-state index in [9.17, 15) is 4.79 Å². The molecule has 2 aromatic rings. The molecule has 4 rings (SSSR count). The van der Waals surface area contributed by atoms with Gasteiger partial charge in [0, 0.05) is 63.8 Å². The molecule has 0 aliphatic carbocycles. The number of benzene rings is 1. The van der Waals surface area contributed by atoms with Crippen LogP contribution in [0.1, 0.15) is 26.2 Å². The summed E-state index contributed by atoms with van der Waals surface area (Å²) in [5.41, 5.74) is 2.27. The van der Waals surface area contributed by atoms with Crippen molar-refractivity contribution in [2.45, 2.75) is 26.2 Å². The summed E-state index contributed by atoms with van der Waals surface area (Å²) in [6.07, 6.45) is 5.68. The molecule has 148 valence electrons. The molecule has 1 amide bonds. The molecular weight excluding hydrogens is 352 g/mol. The maximum atomic E-state index is 11.5. The van der Waals surface area contributed by atoms with Crippen LogP contribution in [0.2, 0.25) is 0 Å². The highest BCUT2D eigenvalue weighted by atomic mass is 16.2. The number of hydrogen-bond donors (Lipinski definition) is 1. The first-order valence-electron chi connectivity index (χ1n) is 10.1. The number of nitrogens with one attached hydrogen (secondary N) is 1. The highest BCUT2D eigenvalue weighted by Crippen LogP contribution is 2.23. The van der Waals surface area contributed by atoms with Crippen LogP contribution in [0.15, 0.2) is 36.5 Å². The van der Waals surface area contributed by atoms with Crippen molar-refractivity contribution in [1.29, 1.82) is 0 Å². The molecule has 28 heavy (non-hydrogen) atoms. The predicted octanol–water partition coefficient (Wildman–Crippen LogP) is 2.88. The molecule has 2 saturated heterocycles. The number of piperazine rings is 1. The van der Waals surface area contributed by atoms with E-state index in [4.69, 9.17) is 0 Å². The number of carbonyl (C=O) groups excluding carboxylic acids is 1. The Hall–Kier alpha value is -2.83. The number of carbonyl (C=O) groups is 1. The first-order valence-corrected chi connectivity index (χ1v) is 10.1. The second kappa shape index (κ2) is 8.46. The average molecular weight is 380 g/mol. The van der Waals surface area contributed by atoms with E-state index in [1.165, 1.54) is 24.9 Å².